The topological polar surface area (TPSA) is 27.6 Å². The van der Waals surface area contributed by atoms with E-state index in [1.165, 1.54) is 6.42 Å². The first-order valence-electron chi connectivity index (χ1n) is 1.71. The lowest BCUT2D eigenvalue weighted by atomic mass is 10.5. The summed E-state index contributed by atoms with van der Waals surface area (Å²) in [6.07, 6.45) is 1.21. The summed E-state index contributed by atoms with van der Waals surface area (Å²) in [5, 5.41) is 0. The van der Waals surface area contributed by atoms with Gasteiger partial charge in [-0.15, -0.1) is 12.4 Å². The van der Waals surface area contributed by atoms with Crippen molar-refractivity contribution >= 4 is 12.4 Å². The Bertz CT molecular complexity index is 8.85. The number of quaternary nitrogens is 1. The van der Waals surface area contributed by atoms with Crippen LogP contribution in [0.3, 0.4) is 0 Å². The van der Waals surface area contributed by atoms with E-state index >= 15 is 0 Å². The molecule has 34 valence electrons. The number of rotatable bonds is 1. The second-order valence-corrected chi connectivity index (χ2v) is 0.854. The van der Waals surface area contributed by atoms with Gasteiger partial charge in [-0.2, -0.15) is 0 Å². The molecule has 0 bridgehead atoms. The molecule has 0 aromatic heterocycles. The molecule has 3 N–H and O–H groups in total. The lowest BCUT2D eigenvalue weighted by Gasteiger charge is -1.66. The summed E-state index contributed by atoms with van der Waals surface area (Å²) < 4.78 is 0. The lowest BCUT2D eigenvalue weighted by Crippen LogP contribution is -2.49. The highest BCUT2D eigenvalue weighted by molar-refractivity contribution is 5.85. The zero-order valence-electron chi connectivity index (χ0n) is 3.53. The number of halogens is 1. The molecule has 0 aromatic carbocycles. The molecule has 2 heteroatoms. The second-order valence-electron chi connectivity index (χ2n) is 0.854. The van der Waals surface area contributed by atoms with E-state index < -0.39 is 0 Å². The fraction of sp³-hybridized carbons (Fsp3) is 1.00. The van der Waals surface area contributed by atoms with Crippen molar-refractivity contribution in [1.82, 2.24) is 0 Å². The average molecular weight is 96.6 g/mol. The molecule has 0 aliphatic carbocycles. The summed E-state index contributed by atoms with van der Waals surface area (Å²) in [4.78, 5) is 0. The van der Waals surface area contributed by atoms with Crippen LogP contribution in [0.15, 0.2) is 0 Å². The predicted octanol–water partition coefficient (Wildman–Crippen LogP) is 0.0601. The molecular formula is C3H11ClN+. The monoisotopic (exact) mass is 96.1 g/mol. The Hall–Kier alpha value is 0.250. The molecule has 0 amide bonds. The Labute approximate surface area is 39.0 Å². The smallest absolute Gasteiger partial charge is 0.0737 e. The first-order chi connectivity index (χ1) is 1.91. The first-order valence-corrected chi connectivity index (χ1v) is 1.71. The summed E-state index contributed by atoms with van der Waals surface area (Å²) in [5.41, 5.74) is 3.60. The minimum absolute atomic E-state index is 0. The Balaban J connectivity index is 0. The summed E-state index contributed by atoms with van der Waals surface area (Å²) >= 11 is 0. The first kappa shape index (κ1) is 8.98. The van der Waals surface area contributed by atoms with E-state index in [1.54, 1.807) is 0 Å². The molecule has 1 nitrogen and oxygen atoms in total. The van der Waals surface area contributed by atoms with Gasteiger partial charge in [0, 0.05) is 0 Å². The van der Waals surface area contributed by atoms with Crippen LogP contribution in [0.4, 0.5) is 0 Å². The molecule has 0 heterocycles. The highest BCUT2D eigenvalue weighted by Gasteiger charge is 1.59. The molecule has 0 aliphatic heterocycles. The normalized spacial score (nSPS) is 6.00. The molecule has 0 saturated carbocycles. The van der Waals surface area contributed by atoms with Gasteiger partial charge in [0.2, 0.25) is 0 Å². The van der Waals surface area contributed by atoms with Crippen molar-refractivity contribution in [1.29, 1.82) is 0 Å². The largest absolute Gasteiger partial charge is 0.358 e. The molecule has 0 aromatic rings. The Morgan fingerprint density at radius 2 is 1.80 bits per heavy atom. The highest BCUT2D eigenvalue weighted by atomic mass is 35.5. The van der Waals surface area contributed by atoms with Crippen molar-refractivity contribution < 1.29 is 5.73 Å². The number of hydrogen-bond donors (Lipinski definition) is 1. The number of hydrogen-bond acceptors (Lipinski definition) is 0. The van der Waals surface area contributed by atoms with Crippen molar-refractivity contribution in [2.75, 3.05) is 6.54 Å². The quantitative estimate of drug-likeness (QED) is 0.478. The van der Waals surface area contributed by atoms with Crippen LogP contribution in [0.2, 0.25) is 0 Å². The zero-order valence-corrected chi connectivity index (χ0v) is 4.35. The van der Waals surface area contributed by atoms with Gasteiger partial charge >= 0.3 is 0 Å². The minimum Gasteiger partial charge on any atom is -0.358 e. The van der Waals surface area contributed by atoms with Crippen LogP contribution in [0.25, 0.3) is 0 Å². The van der Waals surface area contributed by atoms with Crippen molar-refractivity contribution in [3.8, 4) is 0 Å². The van der Waals surface area contributed by atoms with Crippen LogP contribution >= 0.6 is 12.4 Å². The minimum atomic E-state index is 0. The third-order valence-electron chi connectivity index (χ3n) is 0.354. The zero-order chi connectivity index (χ0) is 3.41. The molecule has 0 fully saturated rings. The fourth-order valence-electron chi connectivity index (χ4n) is 0. The van der Waals surface area contributed by atoms with Gasteiger partial charge in [0.15, 0.2) is 0 Å². The van der Waals surface area contributed by atoms with Gasteiger partial charge in [-0.25, -0.2) is 0 Å². The molecular weight excluding hydrogens is 85.5 g/mol. The van der Waals surface area contributed by atoms with E-state index in [2.05, 4.69) is 12.7 Å². The third kappa shape index (κ3) is 13.8. The maximum Gasteiger partial charge on any atom is 0.0737 e. The Morgan fingerprint density at radius 1 is 1.60 bits per heavy atom. The summed E-state index contributed by atoms with van der Waals surface area (Å²) in [6.45, 7) is 3.19. The van der Waals surface area contributed by atoms with Crippen LogP contribution < -0.4 is 5.73 Å². The molecule has 0 unspecified atom stereocenters. The molecule has 0 saturated heterocycles. The molecule has 0 radical (unpaired) electrons. The van der Waals surface area contributed by atoms with Crippen molar-refractivity contribution in [3.63, 3.8) is 0 Å². The Kier molecular flexibility index (Phi) is 15.9. The SMILES string of the molecule is CCC[NH3+].Cl. The molecule has 0 atom stereocenters. The van der Waals surface area contributed by atoms with Crippen molar-refractivity contribution in [2.45, 2.75) is 13.3 Å². The van der Waals surface area contributed by atoms with Gasteiger partial charge in [0.25, 0.3) is 0 Å². The second kappa shape index (κ2) is 8.87. The fourth-order valence-corrected chi connectivity index (χ4v) is 0. The van der Waals surface area contributed by atoms with E-state index in [1.807, 2.05) is 0 Å². The van der Waals surface area contributed by atoms with E-state index in [0.29, 0.717) is 0 Å². The van der Waals surface area contributed by atoms with Crippen LogP contribution in [-0.2, 0) is 0 Å². The van der Waals surface area contributed by atoms with Crippen LogP contribution in [-0.4, -0.2) is 6.54 Å². The van der Waals surface area contributed by atoms with E-state index in [0.717, 1.165) is 6.54 Å². The lowest BCUT2D eigenvalue weighted by molar-refractivity contribution is -0.367. The van der Waals surface area contributed by atoms with Crippen molar-refractivity contribution in [3.05, 3.63) is 0 Å². The Morgan fingerprint density at radius 3 is 1.80 bits per heavy atom. The summed E-state index contributed by atoms with van der Waals surface area (Å²) in [7, 11) is 0. The average Bonchev–Trinajstić information content (AvgIpc) is 1.37. The van der Waals surface area contributed by atoms with Gasteiger partial charge in [-0.05, 0) is 6.42 Å². The van der Waals surface area contributed by atoms with Crippen LogP contribution in [0, 0.1) is 0 Å². The summed E-state index contributed by atoms with van der Waals surface area (Å²) in [6, 6.07) is 0. The van der Waals surface area contributed by atoms with Gasteiger partial charge in [-0.1, -0.05) is 6.92 Å². The van der Waals surface area contributed by atoms with Gasteiger partial charge < -0.3 is 5.73 Å². The highest BCUT2D eigenvalue weighted by Crippen LogP contribution is 1.54. The van der Waals surface area contributed by atoms with E-state index in [9.17, 15) is 0 Å². The predicted molar refractivity (Wildman–Crippen MR) is 25.3 cm³/mol. The van der Waals surface area contributed by atoms with Gasteiger partial charge in [0.1, 0.15) is 0 Å². The van der Waals surface area contributed by atoms with Gasteiger partial charge in [0.05, 0.1) is 6.54 Å². The molecule has 0 aliphatic rings. The maximum absolute atomic E-state index is 3.60. The molecule has 5 heavy (non-hydrogen) atoms. The summed E-state index contributed by atoms with van der Waals surface area (Å²) in [5.74, 6) is 0. The molecule has 0 rings (SSSR count). The van der Waals surface area contributed by atoms with Crippen LogP contribution in [0.1, 0.15) is 13.3 Å². The van der Waals surface area contributed by atoms with Crippen LogP contribution in [0.5, 0.6) is 0 Å². The van der Waals surface area contributed by atoms with E-state index in [-0.39, 0.29) is 12.4 Å². The molecule has 0 spiro atoms. The van der Waals surface area contributed by atoms with E-state index in [4.69, 9.17) is 0 Å². The maximum atomic E-state index is 3.60. The third-order valence-corrected chi connectivity index (χ3v) is 0.354. The van der Waals surface area contributed by atoms with Gasteiger partial charge in [-0.3, -0.25) is 0 Å². The standard InChI is InChI=1S/C3H9N.ClH/c1-2-3-4;/h2-4H2,1H3;1H/p+1. The van der Waals surface area contributed by atoms with Crippen molar-refractivity contribution in [2.24, 2.45) is 0 Å².